The Morgan fingerprint density at radius 1 is 1.86 bits per heavy atom. The molecule has 3 N–H and O–H groups in total. The molecule has 7 heavy (non-hydrogen) atoms. The van der Waals surface area contributed by atoms with Crippen LogP contribution in [0, 0.1) is 0 Å². The number of ether oxygens (including phenoxy) is 1. The predicted octanol–water partition coefficient (Wildman–Crippen LogP) is -0.638. The molecule has 3 nitrogen and oxygen atoms in total. The molecule has 1 aliphatic rings. The predicted molar refractivity (Wildman–Crippen MR) is 26.2 cm³/mol. The fourth-order valence-electron chi connectivity index (χ4n) is 0.444. The van der Waals surface area contributed by atoms with Gasteiger partial charge >= 0.3 is 0 Å². The van der Waals surface area contributed by atoms with Crippen LogP contribution in [0.4, 0.5) is 0 Å². The highest BCUT2D eigenvalue weighted by Gasteiger charge is 2.04. The number of rotatable bonds is 1. The Labute approximate surface area is 42.1 Å². The average molecular weight is 100 g/mol. The van der Waals surface area contributed by atoms with E-state index in [2.05, 4.69) is 5.32 Å². The molecule has 0 aromatic heterocycles. The zero-order valence-corrected chi connectivity index (χ0v) is 3.92. The minimum absolute atomic E-state index is 0.0139. The first-order valence-corrected chi connectivity index (χ1v) is 2.20. The van der Waals surface area contributed by atoms with Gasteiger partial charge in [0.2, 0.25) is 0 Å². The largest absolute Gasteiger partial charge is 0.476 e. The smallest absolute Gasteiger partial charge is 0.181 e. The van der Waals surface area contributed by atoms with E-state index in [0.717, 1.165) is 0 Å². The summed E-state index contributed by atoms with van der Waals surface area (Å²) >= 11 is 0. The van der Waals surface area contributed by atoms with E-state index in [0.29, 0.717) is 6.54 Å². The van der Waals surface area contributed by atoms with Crippen LogP contribution in [0.3, 0.4) is 0 Å². The number of nitrogens with one attached hydrogen (secondary N) is 1. The molecule has 0 aromatic rings. The third-order valence-electron chi connectivity index (χ3n) is 0.807. The van der Waals surface area contributed by atoms with Gasteiger partial charge in [-0.3, -0.25) is 0 Å². The number of nitrogens with two attached hydrogens (primary N) is 1. The molecule has 0 saturated heterocycles. The Balaban J connectivity index is 2.22. The highest BCUT2D eigenvalue weighted by Crippen LogP contribution is 1.91. The lowest BCUT2D eigenvalue weighted by Gasteiger charge is -2.05. The van der Waals surface area contributed by atoms with Crippen molar-refractivity contribution < 1.29 is 4.74 Å². The second-order valence-corrected chi connectivity index (χ2v) is 1.33. The summed E-state index contributed by atoms with van der Waals surface area (Å²) in [6, 6.07) is 0. The summed E-state index contributed by atoms with van der Waals surface area (Å²) in [6.07, 6.45) is 3.34. The second kappa shape index (κ2) is 1.84. The Bertz CT molecular complexity index is 73.8. The van der Waals surface area contributed by atoms with Crippen molar-refractivity contribution >= 4 is 0 Å². The third kappa shape index (κ3) is 0.838. The molecule has 1 unspecified atom stereocenters. The quantitative estimate of drug-likeness (QED) is 0.461. The fourth-order valence-corrected chi connectivity index (χ4v) is 0.444. The zero-order chi connectivity index (χ0) is 5.11. The number of hydrogen-bond donors (Lipinski definition) is 2. The van der Waals surface area contributed by atoms with Crippen LogP contribution in [0.5, 0.6) is 0 Å². The molecule has 0 saturated carbocycles. The van der Waals surface area contributed by atoms with Gasteiger partial charge in [-0.1, -0.05) is 0 Å². The van der Waals surface area contributed by atoms with E-state index in [-0.39, 0.29) is 6.23 Å². The molecule has 0 bridgehead atoms. The van der Waals surface area contributed by atoms with Crippen molar-refractivity contribution in [3.05, 3.63) is 12.5 Å². The van der Waals surface area contributed by atoms with Crippen molar-refractivity contribution in [1.82, 2.24) is 5.32 Å². The maximum atomic E-state index is 5.21. The fraction of sp³-hybridized carbons (Fsp3) is 0.500. The molecule has 0 aromatic carbocycles. The Kier molecular flexibility index (Phi) is 1.17. The lowest BCUT2D eigenvalue weighted by Crippen LogP contribution is -2.29. The maximum absolute atomic E-state index is 5.21. The summed E-state index contributed by atoms with van der Waals surface area (Å²) in [7, 11) is 0. The molecular formula is C4H8N2O. The highest BCUT2D eigenvalue weighted by molar-refractivity contribution is 4.81. The van der Waals surface area contributed by atoms with Crippen LogP contribution in [-0.2, 0) is 4.74 Å². The van der Waals surface area contributed by atoms with Crippen molar-refractivity contribution in [2.75, 3.05) is 6.54 Å². The minimum atomic E-state index is 0.0139. The van der Waals surface area contributed by atoms with E-state index >= 15 is 0 Å². The molecule has 0 amide bonds. The van der Waals surface area contributed by atoms with Crippen LogP contribution in [0.1, 0.15) is 0 Å². The summed E-state index contributed by atoms with van der Waals surface area (Å²) in [5.41, 5.74) is 5.21. The van der Waals surface area contributed by atoms with Gasteiger partial charge in [0.15, 0.2) is 6.23 Å². The topological polar surface area (TPSA) is 47.3 Å². The van der Waals surface area contributed by atoms with Gasteiger partial charge in [-0.2, -0.15) is 0 Å². The minimum Gasteiger partial charge on any atom is -0.476 e. The van der Waals surface area contributed by atoms with Crippen LogP contribution < -0.4 is 11.1 Å². The molecule has 0 radical (unpaired) electrons. The standard InChI is InChI=1S/C4H8N2O/c5-3-4-6-1-2-7-4/h1-2,4,6H,3,5H2. The first kappa shape index (κ1) is 4.46. The van der Waals surface area contributed by atoms with Crippen molar-refractivity contribution in [2.45, 2.75) is 6.23 Å². The summed E-state index contributed by atoms with van der Waals surface area (Å²) in [6.45, 7) is 0.521. The molecule has 1 heterocycles. The molecule has 1 rings (SSSR count). The number of hydrogen-bond acceptors (Lipinski definition) is 3. The van der Waals surface area contributed by atoms with E-state index in [1.54, 1.807) is 12.5 Å². The van der Waals surface area contributed by atoms with Gasteiger partial charge < -0.3 is 15.8 Å². The van der Waals surface area contributed by atoms with Gasteiger partial charge in [0, 0.05) is 12.7 Å². The summed E-state index contributed by atoms with van der Waals surface area (Å²) < 4.78 is 4.89. The average Bonchev–Trinajstić information content (AvgIpc) is 2.14. The molecule has 40 valence electrons. The van der Waals surface area contributed by atoms with E-state index in [9.17, 15) is 0 Å². The first-order valence-electron chi connectivity index (χ1n) is 2.20. The second-order valence-electron chi connectivity index (χ2n) is 1.33. The van der Waals surface area contributed by atoms with Crippen molar-refractivity contribution in [2.24, 2.45) is 5.73 Å². The van der Waals surface area contributed by atoms with Gasteiger partial charge in [-0.15, -0.1) is 0 Å². The normalized spacial score (nSPS) is 26.7. The van der Waals surface area contributed by atoms with Gasteiger partial charge in [0.05, 0.1) is 0 Å². The van der Waals surface area contributed by atoms with Gasteiger partial charge in [0.1, 0.15) is 6.26 Å². The van der Waals surface area contributed by atoms with Crippen molar-refractivity contribution in [3.8, 4) is 0 Å². The Morgan fingerprint density at radius 3 is 3.00 bits per heavy atom. The van der Waals surface area contributed by atoms with Crippen LogP contribution in [-0.4, -0.2) is 12.8 Å². The molecule has 0 spiro atoms. The third-order valence-corrected chi connectivity index (χ3v) is 0.807. The van der Waals surface area contributed by atoms with Gasteiger partial charge in [-0.25, -0.2) is 0 Å². The lowest BCUT2D eigenvalue weighted by molar-refractivity contribution is 0.160. The molecule has 1 aliphatic heterocycles. The first-order chi connectivity index (χ1) is 3.43. The molecule has 1 atom stereocenters. The van der Waals surface area contributed by atoms with E-state index in [4.69, 9.17) is 10.5 Å². The van der Waals surface area contributed by atoms with Gasteiger partial charge in [-0.05, 0) is 0 Å². The van der Waals surface area contributed by atoms with Gasteiger partial charge in [0.25, 0.3) is 0 Å². The van der Waals surface area contributed by atoms with Crippen LogP contribution in [0.15, 0.2) is 12.5 Å². The van der Waals surface area contributed by atoms with Crippen molar-refractivity contribution in [3.63, 3.8) is 0 Å². The Hall–Kier alpha value is -0.700. The summed E-state index contributed by atoms with van der Waals surface area (Å²) in [5, 5.41) is 2.88. The molecule has 3 heteroatoms. The van der Waals surface area contributed by atoms with E-state index in [1.165, 1.54) is 0 Å². The molecular weight excluding hydrogens is 92.1 g/mol. The zero-order valence-electron chi connectivity index (χ0n) is 3.92. The lowest BCUT2D eigenvalue weighted by atomic mass is 10.6. The summed E-state index contributed by atoms with van der Waals surface area (Å²) in [4.78, 5) is 0. The highest BCUT2D eigenvalue weighted by atomic mass is 16.5. The monoisotopic (exact) mass is 100 g/mol. The van der Waals surface area contributed by atoms with E-state index in [1.807, 2.05) is 0 Å². The van der Waals surface area contributed by atoms with Crippen LogP contribution in [0.2, 0.25) is 0 Å². The molecule has 0 fully saturated rings. The summed E-state index contributed by atoms with van der Waals surface area (Å²) in [5.74, 6) is 0. The van der Waals surface area contributed by atoms with Crippen LogP contribution in [0.25, 0.3) is 0 Å². The van der Waals surface area contributed by atoms with Crippen LogP contribution >= 0.6 is 0 Å². The van der Waals surface area contributed by atoms with Crippen molar-refractivity contribution in [1.29, 1.82) is 0 Å². The molecule has 0 aliphatic carbocycles. The SMILES string of the molecule is NCC1NC=CO1. The maximum Gasteiger partial charge on any atom is 0.181 e. The Morgan fingerprint density at radius 2 is 2.71 bits per heavy atom. The van der Waals surface area contributed by atoms with E-state index < -0.39 is 0 Å².